The maximum Gasteiger partial charge on any atom is 0.234 e. The maximum atomic E-state index is 11.3. The van der Waals surface area contributed by atoms with Crippen LogP contribution >= 0.6 is 0 Å². The summed E-state index contributed by atoms with van der Waals surface area (Å²) in [5, 5.41) is 5.58. The third-order valence-electron chi connectivity index (χ3n) is 1.97. The Kier molecular flexibility index (Phi) is 5.03. The molecule has 4 heteroatoms. The van der Waals surface area contributed by atoms with Gasteiger partial charge < -0.3 is 5.32 Å². The summed E-state index contributed by atoms with van der Waals surface area (Å²) < 4.78 is 0. The van der Waals surface area contributed by atoms with Crippen molar-refractivity contribution in [3.05, 3.63) is 29.6 Å². The molecule has 0 bridgehead atoms. The number of hydrogen-bond donors (Lipinski definition) is 2. The number of aryl methyl sites for hydroxylation is 1. The number of aromatic nitrogens is 1. The van der Waals surface area contributed by atoms with Crippen molar-refractivity contribution in [1.82, 2.24) is 15.6 Å². The Hall–Kier alpha value is -1.86. The quantitative estimate of drug-likeness (QED) is 0.548. The van der Waals surface area contributed by atoms with Crippen molar-refractivity contribution in [3.8, 4) is 12.3 Å². The van der Waals surface area contributed by atoms with Crippen LogP contribution in [0.3, 0.4) is 0 Å². The third kappa shape index (κ3) is 4.58. The average Bonchev–Trinajstić information content (AvgIpc) is 2.29. The van der Waals surface area contributed by atoms with Crippen LogP contribution in [0.25, 0.3) is 0 Å². The fourth-order valence-corrected chi connectivity index (χ4v) is 1.11. The van der Waals surface area contributed by atoms with Gasteiger partial charge in [-0.25, -0.2) is 0 Å². The number of pyridine rings is 1. The minimum absolute atomic E-state index is 0.0733. The summed E-state index contributed by atoms with van der Waals surface area (Å²) >= 11 is 0. The highest BCUT2D eigenvalue weighted by atomic mass is 16.1. The lowest BCUT2D eigenvalue weighted by Crippen LogP contribution is -2.33. The van der Waals surface area contributed by atoms with Crippen molar-refractivity contribution >= 4 is 5.91 Å². The monoisotopic (exact) mass is 217 g/mol. The SMILES string of the molecule is C#CCNCC(=O)NCc1ccc(C)nc1. The molecular formula is C12H15N3O. The van der Waals surface area contributed by atoms with Crippen LogP contribution in [0, 0.1) is 19.3 Å². The van der Waals surface area contributed by atoms with Crippen LogP contribution < -0.4 is 10.6 Å². The van der Waals surface area contributed by atoms with Crippen molar-refractivity contribution in [2.45, 2.75) is 13.5 Å². The Morgan fingerprint density at radius 2 is 2.38 bits per heavy atom. The molecule has 1 rings (SSSR count). The van der Waals surface area contributed by atoms with Gasteiger partial charge in [-0.2, -0.15) is 0 Å². The fraction of sp³-hybridized carbons (Fsp3) is 0.333. The molecule has 0 unspecified atom stereocenters. The first-order valence-corrected chi connectivity index (χ1v) is 5.05. The molecule has 4 nitrogen and oxygen atoms in total. The molecule has 0 aliphatic rings. The highest BCUT2D eigenvalue weighted by Crippen LogP contribution is 1.98. The van der Waals surface area contributed by atoms with Gasteiger partial charge in [0.2, 0.25) is 5.91 Å². The Morgan fingerprint density at radius 1 is 1.56 bits per heavy atom. The number of carbonyl (C=O) groups is 1. The fourth-order valence-electron chi connectivity index (χ4n) is 1.11. The van der Waals surface area contributed by atoms with Crippen LogP contribution in [0.2, 0.25) is 0 Å². The predicted octanol–water partition coefficient (Wildman–Crippen LogP) is 0.229. The van der Waals surface area contributed by atoms with Gasteiger partial charge in [-0.3, -0.25) is 15.1 Å². The van der Waals surface area contributed by atoms with Gasteiger partial charge in [0.1, 0.15) is 0 Å². The van der Waals surface area contributed by atoms with E-state index in [1.807, 2.05) is 19.1 Å². The maximum absolute atomic E-state index is 11.3. The van der Waals surface area contributed by atoms with Crippen LogP contribution in [0.15, 0.2) is 18.3 Å². The molecule has 0 atom stereocenters. The Bertz CT molecular complexity index is 378. The summed E-state index contributed by atoms with van der Waals surface area (Å²) in [5.41, 5.74) is 1.95. The number of nitrogens with zero attached hydrogens (tertiary/aromatic N) is 1. The van der Waals surface area contributed by atoms with Crippen molar-refractivity contribution < 1.29 is 4.79 Å². The first-order valence-electron chi connectivity index (χ1n) is 5.05. The Labute approximate surface area is 95.5 Å². The van der Waals surface area contributed by atoms with Gasteiger partial charge in [0.05, 0.1) is 13.1 Å². The molecule has 84 valence electrons. The van der Waals surface area contributed by atoms with Crippen LogP contribution in [0.4, 0.5) is 0 Å². The second kappa shape index (κ2) is 6.59. The first kappa shape index (κ1) is 12.2. The molecule has 0 aromatic carbocycles. The summed E-state index contributed by atoms with van der Waals surface area (Å²) in [7, 11) is 0. The molecule has 1 amide bonds. The zero-order valence-electron chi connectivity index (χ0n) is 9.29. The van der Waals surface area contributed by atoms with Gasteiger partial charge in [0.15, 0.2) is 0 Å². The summed E-state index contributed by atoms with van der Waals surface area (Å²) in [4.78, 5) is 15.4. The van der Waals surface area contributed by atoms with Crippen molar-refractivity contribution in [2.24, 2.45) is 0 Å². The number of rotatable bonds is 5. The van der Waals surface area contributed by atoms with Crippen molar-refractivity contribution in [3.63, 3.8) is 0 Å². The van der Waals surface area contributed by atoms with E-state index in [9.17, 15) is 4.79 Å². The highest BCUT2D eigenvalue weighted by Gasteiger charge is 1.99. The van der Waals surface area contributed by atoms with E-state index < -0.39 is 0 Å². The largest absolute Gasteiger partial charge is 0.351 e. The normalized spacial score (nSPS) is 9.50. The smallest absolute Gasteiger partial charge is 0.234 e. The molecule has 1 aromatic heterocycles. The second-order valence-electron chi connectivity index (χ2n) is 3.39. The topological polar surface area (TPSA) is 54.0 Å². The third-order valence-corrected chi connectivity index (χ3v) is 1.97. The number of terminal acetylenes is 1. The van der Waals surface area contributed by atoms with Crippen molar-refractivity contribution in [1.29, 1.82) is 0 Å². The van der Waals surface area contributed by atoms with Gasteiger partial charge in [0.25, 0.3) is 0 Å². The minimum atomic E-state index is -0.0733. The van der Waals surface area contributed by atoms with E-state index in [4.69, 9.17) is 6.42 Å². The van der Waals surface area contributed by atoms with E-state index in [1.54, 1.807) is 6.20 Å². The lowest BCUT2D eigenvalue weighted by atomic mass is 10.2. The number of amides is 1. The first-order chi connectivity index (χ1) is 7.72. The van der Waals surface area contributed by atoms with E-state index >= 15 is 0 Å². The van der Waals surface area contributed by atoms with Gasteiger partial charge in [-0.05, 0) is 18.6 Å². The number of carbonyl (C=O) groups excluding carboxylic acids is 1. The summed E-state index contributed by atoms with van der Waals surface area (Å²) in [6.45, 7) is 3.05. The summed E-state index contributed by atoms with van der Waals surface area (Å²) in [5.74, 6) is 2.33. The molecule has 0 aliphatic heterocycles. The van der Waals surface area contributed by atoms with Crippen LogP contribution in [0.1, 0.15) is 11.3 Å². The molecular weight excluding hydrogens is 202 g/mol. The van der Waals surface area contributed by atoms with Crippen molar-refractivity contribution in [2.75, 3.05) is 13.1 Å². The van der Waals surface area contributed by atoms with Crippen LogP contribution in [-0.4, -0.2) is 24.0 Å². The van der Waals surface area contributed by atoms with Crippen LogP contribution in [-0.2, 0) is 11.3 Å². The van der Waals surface area contributed by atoms with E-state index in [0.29, 0.717) is 13.1 Å². The molecule has 1 heterocycles. The molecule has 16 heavy (non-hydrogen) atoms. The van der Waals surface area contributed by atoms with Gasteiger partial charge in [-0.1, -0.05) is 12.0 Å². The molecule has 1 aromatic rings. The summed E-state index contributed by atoms with van der Waals surface area (Å²) in [6.07, 6.45) is 6.80. The highest BCUT2D eigenvalue weighted by molar-refractivity contribution is 5.77. The zero-order chi connectivity index (χ0) is 11.8. The summed E-state index contributed by atoms with van der Waals surface area (Å²) in [6, 6.07) is 3.86. The van der Waals surface area contributed by atoms with Crippen LogP contribution in [0.5, 0.6) is 0 Å². The average molecular weight is 217 g/mol. The minimum Gasteiger partial charge on any atom is -0.351 e. The Morgan fingerprint density at radius 3 is 3.00 bits per heavy atom. The molecule has 0 aliphatic carbocycles. The van der Waals surface area contributed by atoms with E-state index in [2.05, 4.69) is 21.5 Å². The molecule has 0 radical (unpaired) electrons. The standard InChI is InChI=1S/C12H15N3O/c1-3-6-13-9-12(16)15-8-11-5-4-10(2)14-7-11/h1,4-5,7,13H,6,8-9H2,2H3,(H,15,16). The van der Waals surface area contributed by atoms with E-state index in [-0.39, 0.29) is 12.5 Å². The van der Waals surface area contributed by atoms with Gasteiger partial charge >= 0.3 is 0 Å². The zero-order valence-corrected chi connectivity index (χ0v) is 9.29. The lowest BCUT2D eigenvalue weighted by Gasteiger charge is -2.05. The molecule has 0 spiro atoms. The van der Waals surface area contributed by atoms with E-state index in [0.717, 1.165) is 11.3 Å². The number of hydrogen-bond acceptors (Lipinski definition) is 3. The second-order valence-corrected chi connectivity index (χ2v) is 3.39. The van der Waals surface area contributed by atoms with Gasteiger partial charge in [-0.15, -0.1) is 6.42 Å². The Balaban J connectivity index is 2.26. The van der Waals surface area contributed by atoms with E-state index in [1.165, 1.54) is 0 Å². The molecule has 0 fully saturated rings. The predicted molar refractivity (Wildman–Crippen MR) is 62.5 cm³/mol. The molecule has 0 saturated heterocycles. The molecule has 2 N–H and O–H groups in total. The molecule has 0 saturated carbocycles. The van der Waals surface area contributed by atoms with Gasteiger partial charge in [0, 0.05) is 18.4 Å². The number of nitrogens with one attached hydrogen (secondary N) is 2. The lowest BCUT2D eigenvalue weighted by molar-refractivity contribution is -0.120.